The second-order valence-electron chi connectivity index (χ2n) is 7.33. The maximum absolute atomic E-state index is 13.2. The van der Waals surface area contributed by atoms with Crippen LogP contribution in [0.3, 0.4) is 0 Å². The second-order valence-corrected chi connectivity index (χ2v) is 8.40. The molecule has 0 bridgehead atoms. The molecule has 0 saturated carbocycles. The summed E-state index contributed by atoms with van der Waals surface area (Å²) in [6.07, 6.45) is 0.353. The predicted octanol–water partition coefficient (Wildman–Crippen LogP) is 3.87. The first-order valence-corrected chi connectivity index (χ1v) is 11.1. The van der Waals surface area contributed by atoms with E-state index in [1.807, 2.05) is 30.3 Å². The molecule has 1 saturated heterocycles. The number of fused-ring (bicyclic) bond motifs is 1. The Bertz CT molecular complexity index is 1110. The number of thioether (sulfide) groups is 1. The van der Waals surface area contributed by atoms with E-state index in [1.165, 1.54) is 18.9 Å². The first-order chi connectivity index (χ1) is 15.5. The van der Waals surface area contributed by atoms with E-state index in [-0.39, 0.29) is 12.5 Å². The summed E-state index contributed by atoms with van der Waals surface area (Å²) in [6, 6.07) is 15.4. The molecule has 0 radical (unpaired) electrons. The van der Waals surface area contributed by atoms with E-state index in [0.29, 0.717) is 39.7 Å². The molecule has 1 amide bonds. The van der Waals surface area contributed by atoms with Crippen molar-refractivity contribution in [2.75, 3.05) is 12.9 Å². The van der Waals surface area contributed by atoms with Gasteiger partial charge in [0, 0.05) is 12.2 Å². The molecule has 2 aliphatic rings. The van der Waals surface area contributed by atoms with Crippen LogP contribution in [0.5, 0.6) is 0 Å². The van der Waals surface area contributed by atoms with Crippen LogP contribution in [0.15, 0.2) is 70.9 Å². The lowest BCUT2D eigenvalue weighted by atomic mass is 9.93. The summed E-state index contributed by atoms with van der Waals surface area (Å²) in [6.45, 7) is 1.86. The fourth-order valence-electron chi connectivity index (χ4n) is 3.69. The van der Waals surface area contributed by atoms with Gasteiger partial charge in [0.05, 0.1) is 30.0 Å². The van der Waals surface area contributed by atoms with Gasteiger partial charge in [0.1, 0.15) is 6.61 Å². The summed E-state index contributed by atoms with van der Waals surface area (Å²) in [5, 5.41) is 0.570. The molecule has 0 aliphatic carbocycles. The number of benzene rings is 2. The van der Waals surface area contributed by atoms with Gasteiger partial charge in [0.15, 0.2) is 5.17 Å². The summed E-state index contributed by atoms with van der Waals surface area (Å²) < 4.78 is 10.4. The van der Waals surface area contributed by atoms with Crippen LogP contribution in [-0.2, 0) is 25.7 Å². The fourth-order valence-corrected chi connectivity index (χ4v) is 4.70. The highest BCUT2D eigenvalue weighted by molar-refractivity contribution is 8.14. The van der Waals surface area contributed by atoms with E-state index in [9.17, 15) is 14.4 Å². The van der Waals surface area contributed by atoms with Crippen LogP contribution >= 0.6 is 11.8 Å². The van der Waals surface area contributed by atoms with Crippen molar-refractivity contribution >= 4 is 34.8 Å². The van der Waals surface area contributed by atoms with Crippen molar-refractivity contribution < 1.29 is 23.9 Å². The fraction of sp³-hybridized carbons (Fsp3) is 0.250. The first kappa shape index (κ1) is 21.8. The van der Waals surface area contributed by atoms with Gasteiger partial charge < -0.3 is 9.47 Å². The van der Waals surface area contributed by atoms with Crippen LogP contribution < -0.4 is 0 Å². The molecule has 1 atom stereocenters. The molecule has 0 N–H and O–H groups in total. The quantitative estimate of drug-likeness (QED) is 0.643. The normalized spacial score (nSPS) is 18.1. The number of methoxy groups -OCH3 is 1. The number of hydrogen-bond donors (Lipinski definition) is 0. The maximum Gasteiger partial charge on any atom is 0.338 e. The smallest absolute Gasteiger partial charge is 0.338 e. The molecule has 2 aliphatic heterocycles. The maximum atomic E-state index is 13.2. The van der Waals surface area contributed by atoms with Crippen molar-refractivity contribution in [3.63, 3.8) is 0 Å². The average Bonchev–Trinajstić information content (AvgIpc) is 2.82. The number of allylic oxidation sites excluding steroid dienone is 1. The van der Waals surface area contributed by atoms with Crippen molar-refractivity contribution in [3.05, 3.63) is 82.6 Å². The lowest BCUT2D eigenvalue weighted by Gasteiger charge is -2.38. The number of carbonyl (C=O) groups excluding carboxylic acids is 3. The van der Waals surface area contributed by atoms with E-state index >= 15 is 0 Å². The van der Waals surface area contributed by atoms with Gasteiger partial charge in [-0.3, -0.25) is 9.69 Å². The highest BCUT2D eigenvalue weighted by Gasteiger charge is 2.41. The van der Waals surface area contributed by atoms with Gasteiger partial charge in [-0.2, -0.15) is 0 Å². The molecule has 7 nitrogen and oxygen atoms in total. The Morgan fingerprint density at radius 1 is 1.09 bits per heavy atom. The Labute approximate surface area is 190 Å². The monoisotopic (exact) mass is 450 g/mol. The number of ether oxygens (including phenoxy) is 2. The van der Waals surface area contributed by atoms with Crippen molar-refractivity contribution in [1.82, 2.24) is 4.90 Å². The highest BCUT2D eigenvalue weighted by atomic mass is 32.2. The molecule has 1 fully saturated rings. The number of amidine groups is 1. The molecule has 32 heavy (non-hydrogen) atoms. The zero-order valence-corrected chi connectivity index (χ0v) is 18.6. The zero-order valence-electron chi connectivity index (χ0n) is 17.7. The number of nitrogens with zero attached hydrogens (tertiary/aromatic N) is 2. The van der Waals surface area contributed by atoms with Crippen molar-refractivity contribution in [3.8, 4) is 0 Å². The number of aliphatic imine (C=N–C) groups is 1. The van der Waals surface area contributed by atoms with Crippen molar-refractivity contribution in [1.29, 1.82) is 0 Å². The van der Waals surface area contributed by atoms with Gasteiger partial charge in [0.2, 0.25) is 5.91 Å². The Hall–Kier alpha value is -3.39. The van der Waals surface area contributed by atoms with Crippen LogP contribution in [0.1, 0.15) is 40.9 Å². The third-order valence-corrected chi connectivity index (χ3v) is 6.24. The van der Waals surface area contributed by atoms with Gasteiger partial charge in [0.25, 0.3) is 0 Å². The van der Waals surface area contributed by atoms with E-state index in [2.05, 4.69) is 4.99 Å². The molecule has 1 unspecified atom stereocenters. The van der Waals surface area contributed by atoms with Gasteiger partial charge in [-0.1, -0.05) is 54.2 Å². The molecule has 4 rings (SSSR count). The van der Waals surface area contributed by atoms with Gasteiger partial charge in [-0.15, -0.1) is 0 Å². The standard InChI is InChI=1S/C24H22N2O5S/c1-15-20(23(29)31-14-16-6-4-3-5-7-16)21(26-19(27)12-13-32-24(26)25-15)17-8-10-18(11-9-17)22(28)30-2/h3-11,21H,12-14H2,1-2H3. The van der Waals surface area contributed by atoms with Gasteiger partial charge in [-0.05, 0) is 30.2 Å². The van der Waals surface area contributed by atoms with E-state index < -0.39 is 18.0 Å². The minimum absolute atomic E-state index is 0.106. The Kier molecular flexibility index (Phi) is 6.41. The van der Waals surface area contributed by atoms with E-state index in [1.54, 1.807) is 36.1 Å². The molecule has 8 heteroatoms. The Balaban J connectivity index is 1.70. The molecule has 2 aromatic carbocycles. The number of rotatable bonds is 5. The Morgan fingerprint density at radius 2 is 1.81 bits per heavy atom. The summed E-state index contributed by atoms with van der Waals surface area (Å²) in [4.78, 5) is 44.0. The predicted molar refractivity (Wildman–Crippen MR) is 121 cm³/mol. The minimum Gasteiger partial charge on any atom is -0.465 e. The zero-order chi connectivity index (χ0) is 22.7. The van der Waals surface area contributed by atoms with E-state index in [0.717, 1.165) is 5.56 Å². The first-order valence-electron chi connectivity index (χ1n) is 10.1. The number of esters is 2. The van der Waals surface area contributed by atoms with Gasteiger partial charge in [-0.25, -0.2) is 14.6 Å². The minimum atomic E-state index is -0.683. The molecular weight excluding hydrogens is 428 g/mol. The molecule has 0 aromatic heterocycles. The second kappa shape index (κ2) is 9.40. The summed E-state index contributed by atoms with van der Waals surface area (Å²) >= 11 is 1.48. The van der Waals surface area contributed by atoms with Crippen LogP contribution in [0.25, 0.3) is 0 Å². The number of amides is 1. The molecule has 2 aromatic rings. The molecule has 0 spiro atoms. The van der Waals surface area contributed by atoms with E-state index in [4.69, 9.17) is 9.47 Å². The average molecular weight is 451 g/mol. The van der Waals surface area contributed by atoms with Crippen molar-refractivity contribution in [2.45, 2.75) is 26.0 Å². The largest absolute Gasteiger partial charge is 0.465 e. The third kappa shape index (κ3) is 4.31. The lowest BCUT2D eigenvalue weighted by Crippen LogP contribution is -2.45. The third-order valence-electron chi connectivity index (χ3n) is 5.29. The summed E-state index contributed by atoms with van der Waals surface area (Å²) in [7, 11) is 1.32. The lowest BCUT2D eigenvalue weighted by molar-refractivity contribution is -0.141. The summed E-state index contributed by atoms with van der Waals surface area (Å²) in [5.41, 5.74) is 2.76. The summed E-state index contributed by atoms with van der Waals surface area (Å²) in [5.74, 6) is -0.449. The van der Waals surface area contributed by atoms with Crippen LogP contribution in [0, 0.1) is 0 Å². The van der Waals surface area contributed by atoms with Crippen LogP contribution in [-0.4, -0.2) is 40.8 Å². The van der Waals surface area contributed by atoms with Crippen molar-refractivity contribution in [2.24, 2.45) is 4.99 Å². The van der Waals surface area contributed by atoms with Crippen LogP contribution in [0.4, 0.5) is 0 Å². The Morgan fingerprint density at radius 3 is 2.50 bits per heavy atom. The molecular formula is C24H22N2O5S. The van der Waals surface area contributed by atoms with Gasteiger partial charge >= 0.3 is 11.9 Å². The SMILES string of the molecule is COC(=O)c1ccc(C2C(C(=O)OCc3ccccc3)=C(C)N=C3SCCC(=O)N32)cc1. The number of hydrogen-bond acceptors (Lipinski definition) is 7. The number of carbonyl (C=O) groups is 3. The molecule has 164 valence electrons. The molecule has 2 heterocycles. The van der Waals surface area contributed by atoms with Crippen LogP contribution in [0.2, 0.25) is 0 Å². The topological polar surface area (TPSA) is 85.3 Å². The highest BCUT2D eigenvalue weighted by Crippen LogP contribution is 2.40.